The van der Waals surface area contributed by atoms with E-state index in [0.29, 0.717) is 25.9 Å². The first-order chi connectivity index (χ1) is 13.5. The molecule has 1 aromatic rings. The normalized spacial score (nSPS) is 24.6. The Kier molecular flexibility index (Phi) is 6.30. The Labute approximate surface area is 175 Å². The van der Waals surface area contributed by atoms with Gasteiger partial charge in [0.2, 0.25) is 0 Å². The van der Waals surface area contributed by atoms with Crippen molar-refractivity contribution < 1.29 is 19.4 Å². The molecule has 29 heavy (non-hydrogen) atoms. The van der Waals surface area contributed by atoms with Crippen molar-refractivity contribution in [2.45, 2.75) is 85.0 Å². The fourth-order valence-corrected chi connectivity index (χ4v) is 4.55. The lowest BCUT2D eigenvalue weighted by Crippen LogP contribution is -2.56. The van der Waals surface area contributed by atoms with Crippen molar-refractivity contribution in [2.24, 2.45) is 5.41 Å². The molecular weight excluding hydrogens is 366 g/mol. The third-order valence-corrected chi connectivity index (χ3v) is 6.69. The number of aryl methyl sites for hydroxylation is 2. The van der Waals surface area contributed by atoms with Crippen LogP contribution < -0.4 is 4.74 Å². The van der Waals surface area contributed by atoms with Crippen LogP contribution in [0.2, 0.25) is 0 Å². The third-order valence-electron chi connectivity index (χ3n) is 6.69. The summed E-state index contributed by atoms with van der Waals surface area (Å²) in [6.07, 6.45) is 2.61. The molecule has 0 unspecified atom stereocenters. The van der Waals surface area contributed by atoms with Crippen molar-refractivity contribution in [2.75, 3.05) is 19.7 Å². The number of carbonyl (C=O) groups excluding carboxylic acids is 1. The van der Waals surface area contributed by atoms with E-state index in [-0.39, 0.29) is 35.7 Å². The summed E-state index contributed by atoms with van der Waals surface area (Å²) in [5.74, 6) is 0.836. The van der Waals surface area contributed by atoms with Crippen LogP contribution in [0.5, 0.6) is 5.75 Å². The lowest BCUT2D eigenvalue weighted by molar-refractivity contribution is -0.208. The molecule has 1 amide bonds. The predicted molar refractivity (Wildman–Crippen MR) is 114 cm³/mol. The number of amides is 1. The molecule has 1 N–H and O–H groups in total. The van der Waals surface area contributed by atoms with E-state index in [1.165, 1.54) is 5.56 Å². The van der Waals surface area contributed by atoms with E-state index in [1.54, 1.807) is 0 Å². The highest BCUT2D eigenvalue weighted by atomic mass is 16.5. The maximum Gasteiger partial charge on any atom is 0.260 e. The van der Waals surface area contributed by atoms with Gasteiger partial charge >= 0.3 is 0 Å². The van der Waals surface area contributed by atoms with Crippen LogP contribution in [0, 0.1) is 26.2 Å². The second-order valence-electron chi connectivity index (χ2n) is 10.1. The molecule has 2 saturated heterocycles. The smallest absolute Gasteiger partial charge is 0.260 e. The van der Waals surface area contributed by atoms with Gasteiger partial charge in [0.05, 0.1) is 17.8 Å². The molecule has 0 bridgehead atoms. The largest absolute Gasteiger partial charge is 0.483 e. The molecule has 5 nitrogen and oxygen atoms in total. The molecule has 3 rings (SSSR count). The van der Waals surface area contributed by atoms with Crippen LogP contribution in [0.4, 0.5) is 0 Å². The minimum Gasteiger partial charge on any atom is -0.483 e. The Balaban J connectivity index is 1.58. The highest BCUT2D eigenvalue weighted by molar-refractivity contribution is 5.78. The zero-order valence-electron chi connectivity index (χ0n) is 18.9. The fraction of sp³-hybridized carbons (Fsp3) is 0.708. The summed E-state index contributed by atoms with van der Waals surface area (Å²) in [5, 5.41) is 10.4. The van der Waals surface area contributed by atoms with Crippen molar-refractivity contribution in [1.29, 1.82) is 0 Å². The molecule has 0 aliphatic carbocycles. The monoisotopic (exact) mass is 403 g/mol. The maximum absolute atomic E-state index is 12.7. The van der Waals surface area contributed by atoms with Gasteiger partial charge in [-0.25, -0.2) is 0 Å². The number of carbonyl (C=O) groups is 1. The first-order valence-corrected chi connectivity index (χ1v) is 10.8. The van der Waals surface area contributed by atoms with E-state index < -0.39 is 0 Å². The van der Waals surface area contributed by atoms with Gasteiger partial charge in [-0.15, -0.1) is 0 Å². The number of benzene rings is 1. The molecule has 2 aliphatic rings. The van der Waals surface area contributed by atoms with Gasteiger partial charge in [0.1, 0.15) is 5.75 Å². The van der Waals surface area contributed by atoms with Gasteiger partial charge in [-0.2, -0.15) is 0 Å². The summed E-state index contributed by atoms with van der Waals surface area (Å²) in [6.45, 7) is 13.9. The minimum atomic E-state index is -0.328. The quantitative estimate of drug-likeness (QED) is 0.831. The van der Waals surface area contributed by atoms with E-state index in [2.05, 4.69) is 33.8 Å². The Morgan fingerprint density at radius 3 is 2.45 bits per heavy atom. The van der Waals surface area contributed by atoms with Crippen LogP contribution in [-0.4, -0.2) is 53.4 Å². The topological polar surface area (TPSA) is 59.0 Å². The van der Waals surface area contributed by atoms with E-state index in [1.807, 2.05) is 24.8 Å². The lowest BCUT2D eigenvalue weighted by atomic mass is 9.76. The average molecular weight is 404 g/mol. The summed E-state index contributed by atoms with van der Waals surface area (Å²) in [5.41, 5.74) is 3.00. The van der Waals surface area contributed by atoms with Gasteiger partial charge in [-0.05, 0) is 55.7 Å². The van der Waals surface area contributed by atoms with Gasteiger partial charge in [0, 0.05) is 25.9 Å². The first-order valence-electron chi connectivity index (χ1n) is 10.8. The molecule has 1 spiro atoms. The zero-order chi connectivity index (χ0) is 21.4. The van der Waals surface area contributed by atoms with E-state index >= 15 is 0 Å². The standard InChI is InChI=1S/C24H37NO4/c1-16-7-8-17(2)22(18(16)3)28-15-21(27)25-11-9-24(10-12-25)14-19(26)13-20(29-24)23(4,5)6/h7-8,19-20,26H,9-15H2,1-6H3/t19-,20-/m1/s1. The molecule has 0 aromatic heterocycles. The number of piperidine rings is 1. The second-order valence-corrected chi connectivity index (χ2v) is 10.1. The molecule has 2 heterocycles. The van der Waals surface area contributed by atoms with Crippen LogP contribution in [0.1, 0.15) is 63.1 Å². The van der Waals surface area contributed by atoms with E-state index in [0.717, 1.165) is 29.7 Å². The fourth-order valence-electron chi connectivity index (χ4n) is 4.55. The number of likely N-dealkylation sites (tertiary alicyclic amines) is 1. The Hall–Kier alpha value is -1.59. The second kappa shape index (κ2) is 8.27. The Bertz CT molecular complexity index is 744. The van der Waals surface area contributed by atoms with Gasteiger partial charge in [0.25, 0.3) is 5.91 Å². The van der Waals surface area contributed by atoms with Crippen molar-refractivity contribution in [3.05, 3.63) is 28.8 Å². The minimum absolute atomic E-state index is 0.00126. The molecule has 162 valence electrons. The first kappa shape index (κ1) is 22.1. The summed E-state index contributed by atoms with van der Waals surface area (Å²) in [7, 11) is 0. The molecule has 2 aliphatic heterocycles. The van der Waals surface area contributed by atoms with Crippen molar-refractivity contribution in [3.8, 4) is 5.75 Å². The molecule has 1 aromatic carbocycles. The summed E-state index contributed by atoms with van der Waals surface area (Å²) >= 11 is 0. The van der Waals surface area contributed by atoms with Crippen LogP contribution in [-0.2, 0) is 9.53 Å². The van der Waals surface area contributed by atoms with Gasteiger partial charge in [-0.1, -0.05) is 32.9 Å². The molecule has 0 saturated carbocycles. The predicted octanol–water partition coefficient (Wildman–Crippen LogP) is 3.94. The summed E-state index contributed by atoms with van der Waals surface area (Å²) < 4.78 is 12.4. The molecular formula is C24H37NO4. The zero-order valence-corrected chi connectivity index (χ0v) is 18.9. The number of rotatable bonds is 3. The number of hydrogen-bond acceptors (Lipinski definition) is 4. The van der Waals surface area contributed by atoms with Crippen molar-refractivity contribution >= 4 is 5.91 Å². The van der Waals surface area contributed by atoms with Gasteiger partial charge < -0.3 is 19.5 Å². The Morgan fingerprint density at radius 1 is 1.21 bits per heavy atom. The summed E-state index contributed by atoms with van der Waals surface area (Å²) in [6, 6.07) is 4.11. The number of aliphatic hydroxyl groups excluding tert-OH is 1. The number of hydrogen-bond donors (Lipinski definition) is 1. The SMILES string of the molecule is Cc1ccc(C)c(OCC(=O)N2CCC3(CC2)C[C@H](O)C[C@H](C(C)(C)C)O3)c1C. The van der Waals surface area contributed by atoms with Gasteiger partial charge in [-0.3, -0.25) is 4.79 Å². The summed E-state index contributed by atoms with van der Waals surface area (Å²) in [4.78, 5) is 14.6. The van der Waals surface area contributed by atoms with Crippen molar-refractivity contribution in [1.82, 2.24) is 4.90 Å². The van der Waals surface area contributed by atoms with Crippen molar-refractivity contribution in [3.63, 3.8) is 0 Å². The average Bonchev–Trinajstić information content (AvgIpc) is 2.64. The highest BCUT2D eigenvalue weighted by Gasteiger charge is 2.46. The number of aliphatic hydroxyl groups is 1. The Morgan fingerprint density at radius 2 is 1.83 bits per heavy atom. The highest BCUT2D eigenvalue weighted by Crippen LogP contribution is 2.42. The van der Waals surface area contributed by atoms with Crippen LogP contribution >= 0.6 is 0 Å². The lowest BCUT2D eigenvalue weighted by Gasteiger charge is -2.50. The van der Waals surface area contributed by atoms with Crippen LogP contribution in [0.25, 0.3) is 0 Å². The van der Waals surface area contributed by atoms with Gasteiger partial charge in [0.15, 0.2) is 6.61 Å². The van der Waals surface area contributed by atoms with Crippen LogP contribution in [0.3, 0.4) is 0 Å². The number of nitrogens with zero attached hydrogens (tertiary/aromatic N) is 1. The van der Waals surface area contributed by atoms with E-state index in [4.69, 9.17) is 9.47 Å². The van der Waals surface area contributed by atoms with Crippen LogP contribution in [0.15, 0.2) is 12.1 Å². The third kappa shape index (κ3) is 4.95. The maximum atomic E-state index is 12.7. The molecule has 2 fully saturated rings. The molecule has 0 radical (unpaired) electrons. The number of ether oxygens (including phenoxy) is 2. The molecule has 2 atom stereocenters. The van der Waals surface area contributed by atoms with E-state index in [9.17, 15) is 9.90 Å². The molecule has 5 heteroatoms.